The van der Waals surface area contributed by atoms with Crippen LogP contribution in [0.1, 0.15) is 15.9 Å². The van der Waals surface area contributed by atoms with Crippen LogP contribution in [0.5, 0.6) is 5.75 Å². The average molecular weight is 383 g/mol. The van der Waals surface area contributed by atoms with E-state index in [0.717, 1.165) is 0 Å². The van der Waals surface area contributed by atoms with Crippen LogP contribution in [0.3, 0.4) is 0 Å². The van der Waals surface area contributed by atoms with Crippen LogP contribution in [0.4, 0.5) is 11.4 Å². The second-order valence-electron chi connectivity index (χ2n) is 6.09. The number of nitrogens with zero attached hydrogens (tertiary/aromatic N) is 2. The van der Waals surface area contributed by atoms with E-state index in [2.05, 4.69) is 5.32 Å². The molecule has 0 radical (unpaired) electrons. The van der Waals surface area contributed by atoms with E-state index < -0.39 is 4.92 Å². The van der Waals surface area contributed by atoms with Crippen molar-refractivity contribution in [2.24, 2.45) is 0 Å². The van der Waals surface area contributed by atoms with Gasteiger partial charge in [-0.3, -0.25) is 19.7 Å². The number of nitro benzene ring substituents is 1. The number of nitrogens with one attached hydrogen (secondary N) is 1. The standard InChI is InChI=1S/C20H21N3O5/c1-21-17-9-7-14(11-18(17)23(26)27)8-10-19(24)15-5-4-6-16(12-15)28-13-20(25)22(2)3/h4-12,21H,13H2,1-3H3/b10-8+. The van der Waals surface area contributed by atoms with Crippen molar-refractivity contribution in [2.75, 3.05) is 33.1 Å². The molecule has 0 aliphatic heterocycles. The summed E-state index contributed by atoms with van der Waals surface area (Å²) in [6, 6.07) is 11.1. The predicted molar refractivity (Wildman–Crippen MR) is 107 cm³/mol. The zero-order valence-electron chi connectivity index (χ0n) is 15.8. The van der Waals surface area contributed by atoms with E-state index in [1.165, 1.54) is 23.1 Å². The zero-order chi connectivity index (χ0) is 20.7. The van der Waals surface area contributed by atoms with Crippen molar-refractivity contribution in [1.29, 1.82) is 0 Å². The van der Waals surface area contributed by atoms with Crippen molar-refractivity contribution in [2.45, 2.75) is 0 Å². The molecule has 146 valence electrons. The molecule has 8 heteroatoms. The van der Waals surface area contributed by atoms with E-state index in [1.807, 2.05) is 0 Å². The van der Waals surface area contributed by atoms with Gasteiger partial charge in [0.25, 0.3) is 11.6 Å². The molecular formula is C20H21N3O5. The van der Waals surface area contributed by atoms with Gasteiger partial charge < -0.3 is 15.0 Å². The number of nitro groups is 1. The fourth-order valence-corrected chi connectivity index (χ4v) is 2.30. The topological polar surface area (TPSA) is 102 Å². The molecule has 28 heavy (non-hydrogen) atoms. The number of carbonyl (C=O) groups is 2. The zero-order valence-corrected chi connectivity index (χ0v) is 15.8. The van der Waals surface area contributed by atoms with Crippen LogP contribution >= 0.6 is 0 Å². The van der Waals surface area contributed by atoms with E-state index in [9.17, 15) is 19.7 Å². The van der Waals surface area contributed by atoms with Gasteiger partial charge in [0.1, 0.15) is 11.4 Å². The normalized spacial score (nSPS) is 10.5. The molecule has 2 aromatic rings. The number of benzene rings is 2. The molecule has 0 heterocycles. The molecule has 1 amide bonds. The Morgan fingerprint density at radius 1 is 1.21 bits per heavy atom. The second kappa shape index (κ2) is 9.31. The molecular weight excluding hydrogens is 362 g/mol. The quantitative estimate of drug-likeness (QED) is 0.325. The largest absolute Gasteiger partial charge is 0.484 e. The number of likely N-dealkylation sites (N-methyl/N-ethyl adjacent to an activating group) is 1. The molecule has 0 bridgehead atoms. The van der Waals surface area contributed by atoms with Gasteiger partial charge in [-0.05, 0) is 29.8 Å². The van der Waals surface area contributed by atoms with Gasteiger partial charge in [0.05, 0.1) is 4.92 Å². The lowest BCUT2D eigenvalue weighted by atomic mass is 10.1. The Bertz CT molecular complexity index is 922. The number of ether oxygens (including phenoxy) is 1. The fourth-order valence-electron chi connectivity index (χ4n) is 2.30. The molecule has 1 N–H and O–H groups in total. The number of carbonyl (C=O) groups excluding carboxylic acids is 2. The van der Waals surface area contributed by atoms with Crippen molar-refractivity contribution in [1.82, 2.24) is 4.90 Å². The first-order valence-corrected chi connectivity index (χ1v) is 8.43. The number of amides is 1. The molecule has 0 aliphatic rings. The van der Waals surface area contributed by atoms with Crippen LogP contribution in [0.15, 0.2) is 48.5 Å². The number of rotatable bonds is 8. The Kier molecular flexibility index (Phi) is 6.86. The van der Waals surface area contributed by atoms with E-state index in [0.29, 0.717) is 22.6 Å². The van der Waals surface area contributed by atoms with Gasteiger partial charge in [0.2, 0.25) is 0 Å². The van der Waals surface area contributed by atoms with E-state index in [4.69, 9.17) is 4.74 Å². The second-order valence-corrected chi connectivity index (χ2v) is 6.09. The van der Waals surface area contributed by atoms with Crippen molar-refractivity contribution >= 4 is 29.1 Å². The summed E-state index contributed by atoms with van der Waals surface area (Å²) in [6.45, 7) is -0.123. The molecule has 0 fully saturated rings. The summed E-state index contributed by atoms with van der Waals surface area (Å²) in [4.78, 5) is 36.0. The van der Waals surface area contributed by atoms with Crippen LogP contribution in [0, 0.1) is 10.1 Å². The van der Waals surface area contributed by atoms with Crippen LogP contribution in [-0.2, 0) is 4.79 Å². The van der Waals surface area contributed by atoms with Gasteiger partial charge in [-0.1, -0.05) is 24.3 Å². The van der Waals surface area contributed by atoms with Gasteiger partial charge in [0.15, 0.2) is 12.4 Å². The van der Waals surface area contributed by atoms with Gasteiger partial charge >= 0.3 is 0 Å². The molecule has 0 atom stereocenters. The highest BCUT2D eigenvalue weighted by molar-refractivity contribution is 6.07. The predicted octanol–water partition coefficient (Wildman–Crippen LogP) is 3.00. The van der Waals surface area contributed by atoms with Gasteiger partial charge in [-0.15, -0.1) is 0 Å². The monoisotopic (exact) mass is 383 g/mol. The summed E-state index contributed by atoms with van der Waals surface area (Å²) in [7, 11) is 4.86. The van der Waals surface area contributed by atoms with Crippen molar-refractivity contribution in [3.8, 4) is 5.75 Å². The Hall–Kier alpha value is -3.68. The maximum absolute atomic E-state index is 12.4. The lowest BCUT2D eigenvalue weighted by Crippen LogP contribution is -2.27. The summed E-state index contributed by atoms with van der Waals surface area (Å²) < 4.78 is 5.40. The first kappa shape index (κ1) is 20.6. The number of allylic oxidation sites excluding steroid dienone is 1. The van der Waals surface area contributed by atoms with Gasteiger partial charge in [-0.2, -0.15) is 0 Å². The Morgan fingerprint density at radius 3 is 2.61 bits per heavy atom. The van der Waals surface area contributed by atoms with E-state index in [-0.39, 0.29) is 24.0 Å². The highest BCUT2D eigenvalue weighted by atomic mass is 16.6. The van der Waals surface area contributed by atoms with Crippen molar-refractivity contribution in [3.63, 3.8) is 0 Å². The molecule has 0 aliphatic carbocycles. The maximum Gasteiger partial charge on any atom is 0.292 e. The first-order chi connectivity index (χ1) is 13.3. The molecule has 0 unspecified atom stereocenters. The average Bonchev–Trinajstić information content (AvgIpc) is 2.69. The number of hydrogen-bond donors (Lipinski definition) is 1. The molecule has 0 aromatic heterocycles. The molecule has 8 nitrogen and oxygen atoms in total. The third kappa shape index (κ3) is 5.41. The van der Waals surface area contributed by atoms with Gasteiger partial charge in [0, 0.05) is 32.8 Å². The molecule has 0 spiro atoms. The number of anilines is 1. The molecule has 2 aromatic carbocycles. The Labute approximate surface area is 162 Å². The lowest BCUT2D eigenvalue weighted by Gasteiger charge is -2.11. The fraction of sp³-hybridized carbons (Fsp3) is 0.200. The highest BCUT2D eigenvalue weighted by Crippen LogP contribution is 2.25. The Balaban J connectivity index is 2.12. The lowest BCUT2D eigenvalue weighted by molar-refractivity contribution is -0.384. The van der Waals surface area contributed by atoms with Crippen LogP contribution in [0.25, 0.3) is 6.08 Å². The number of hydrogen-bond acceptors (Lipinski definition) is 6. The van der Waals surface area contributed by atoms with E-state index in [1.54, 1.807) is 57.5 Å². The highest BCUT2D eigenvalue weighted by Gasteiger charge is 2.13. The smallest absolute Gasteiger partial charge is 0.292 e. The summed E-state index contributed by atoms with van der Waals surface area (Å²) in [5.74, 6) is -0.0728. The minimum Gasteiger partial charge on any atom is -0.484 e. The summed E-state index contributed by atoms with van der Waals surface area (Å²) in [6.07, 6.45) is 2.85. The maximum atomic E-state index is 12.4. The minimum atomic E-state index is -0.485. The molecule has 0 saturated carbocycles. The van der Waals surface area contributed by atoms with E-state index >= 15 is 0 Å². The van der Waals surface area contributed by atoms with Crippen molar-refractivity contribution in [3.05, 3.63) is 69.8 Å². The van der Waals surface area contributed by atoms with Crippen LogP contribution in [0.2, 0.25) is 0 Å². The van der Waals surface area contributed by atoms with Crippen LogP contribution < -0.4 is 10.1 Å². The summed E-state index contributed by atoms with van der Waals surface area (Å²) in [5.41, 5.74) is 1.24. The SMILES string of the molecule is CNc1ccc(/C=C/C(=O)c2cccc(OCC(=O)N(C)C)c2)cc1[N+](=O)[O-]. The van der Waals surface area contributed by atoms with Gasteiger partial charge in [-0.25, -0.2) is 0 Å². The minimum absolute atomic E-state index is 0.0712. The summed E-state index contributed by atoms with van der Waals surface area (Å²) >= 11 is 0. The van der Waals surface area contributed by atoms with Crippen molar-refractivity contribution < 1.29 is 19.2 Å². The summed E-state index contributed by atoms with van der Waals surface area (Å²) in [5, 5.41) is 13.9. The number of ketones is 1. The molecule has 0 saturated heterocycles. The molecule has 2 rings (SSSR count). The third-order valence-electron chi connectivity index (χ3n) is 3.89. The first-order valence-electron chi connectivity index (χ1n) is 8.43. The Morgan fingerprint density at radius 2 is 1.96 bits per heavy atom. The van der Waals surface area contributed by atoms with Crippen LogP contribution in [-0.4, -0.2) is 49.3 Å². The third-order valence-corrected chi connectivity index (χ3v) is 3.89.